The monoisotopic (exact) mass is 483 g/mol. The highest BCUT2D eigenvalue weighted by Crippen LogP contribution is 2.22. The molecule has 4 rings (SSSR count). The maximum absolute atomic E-state index is 13.4. The van der Waals surface area contributed by atoms with Crippen molar-refractivity contribution in [2.45, 2.75) is 13.5 Å². The van der Waals surface area contributed by atoms with Crippen molar-refractivity contribution in [3.63, 3.8) is 0 Å². The molecule has 0 aliphatic carbocycles. The first kappa shape index (κ1) is 23.6. The van der Waals surface area contributed by atoms with Crippen LogP contribution in [0.25, 0.3) is 6.08 Å². The summed E-state index contributed by atoms with van der Waals surface area (Å²) in [6.45, 7) is 3.60. The van der Waals surface area contributed by atoms with Crippen LogP contribution in [0, 0.1) is 18.6 Å². The molecule has 2 heterocycles. The number of carbonyl (C=O) groups is 2. The lowest BCUT2D eigenvalue weighted by atomic mass is 10.1. The van der Waals surface area contributed by atoms with E-state index in [2.05, 4.69) is 4.98 Å². The summed E-state index contributed by atoms with van der Waals surface area (Å²) in [6, 6.07) is 10.5. The summed E-state index contributed by atoms with van der Waals surface area (Å²) < 4.78 is 32.5. The van der Waals surface area contributed by atoms with Crippen LogP contribution in [0.2, 0.25) is 0 Å². The Bertz CT molecular complexity index is 1220. The Morgan fingerprint density at radius 1 is 1.06 bits per heavy atom. The zero-order chi connectivity index (χ0) is 24.1. The predicted molar refractivity (Wildman–Crippen MR) is 126 cm³/mol. The van der Waals surface area contributed by atoms with Gasteiger partial charge in [-0.1, -0.05) is 18.2 Å². The van der Waals surface area contributed by atoms with Crippen molar-refractivity contribution in [3.05, 3.63) is 87.4 Å². The van der Waals surface area contributed by atoms with Gasteiger partial charge < -0.3 is 14.5 Å². The topological polar surface area (TPSA) is 62.7 Å². The number of hydrogen-bond donors (Lipinski definition) is 0. The minimum atomic E-state index is -1.06. The van der Waals surface area contributed by atoms with Gasteiger partial charge in [0.25, 0.3) is 5.91 Å². The highest BCUT2D eigenvalue weighted by atomic mass is 32.1. The third-order valence-electron chi connectivity index (χ3n) is 5.41. The van der Waals surface area contributed by atoms with Crippen molar-refractivity contribution in [3.8, 4) is 5.75 Å². The van der Waals surface area contributed by atoms with Crippen LogP contribution in [0.1, 0.15) is 26.6 Å². The van der Waals surface area contributed by atoms with Gasteiger partial charge in [-0.15, -0.1) is 11.3 Å². The Morgan fingerprint density at radius 2 is 1.79 bits per heavy atom. The second kappa shape index (κ2) is 10.6. The number of thiazole rings is 1. The highest BCUT2D eigenvalue weighted by molar-refractivity contribution is 7.09. The van der Waals surface area contributed by atoms with E-state index in [4.69, 9.17) is 4.74 Å². The molecule has 176 valence electrons. The third-order valence-corrected chi connectivity index (χ3v) is 6.23. The van der Waals surface area contributed by atoms with E-state index in [0.29, 0.717) is 38.5 Å². The van der Waals surface area contributed by atoms with Gasteiger partial charge in [0, 0.05) is 48.8 Å². The van der Waals surface area contributed by atoms with Gasteiger partial charge in [-0.2, -0.15) is 0 Å². The Hall–Kier alpha value is -3.59. The molecule has 0 unspecified atom stereocenters. The number of nitrogens with zero attached hydrogens (tertiary/aromatic N) is 3. The number of ether oxygens (including phenoxy) is 1. The summed E-state index contributed by atoms with van der Waals surface area (Å²) in [4.78, 5) is 32.8. The molecule has 6 nitrogen and oxygen atoms in total. The van der Waals surface area contributed by atoms with E-state index in [1.807, 2.05) is 36.6 Å². The van der Waals surface area contributed by atoms with E-state index < -0.39 is 11.6 Å². The lowest BCUT2D eigenvalue weighted by Crippen LogP contribution is -2.50. The smallest absolute Gasteiger partial charge is 0.254 e. The number of para-hydroxylation sites is 1. The molecule has 1 aliphatic heterocycles. The number of piperazine rings is 1. The van der Waals surface area contributed by atoms with Gasteiger partial charge in [0.05, 0.1) is 10.7 Å². The average molecular weight is 484 g/mol. The van der Waals surface area contributed by atoms with Crippen LogP contribution in [0.3, 0.4) is 0 Å². The summed E-state index contributed by atoms with van der Waals surface area (Å²) in [5, 5.41) is 2.93. The molecule has 0 spiro atoms. The fraction of sp³-hybridized carbons (Fsp3) is 0.240. The van der Waals surface area contributed by atoms with E-state index >= 15 is 0 Å². The van der Waals surface area contributed by atoms with Crippen molar-refractivity contribution in [2.24, 2.45) is 0 Å². The number of aromatic nitrogens is 1. The molecule has 0 saturated carbocycles. The van der Waals surface area contributed by atoms with E-state index in [9.17, 15) is 18.4 Å². The molecule has 2 aromatic carbocycles. The molecule has 2 amide bonds. The van der Waals surface area contributed by atoms with Crippen LogP contribution in [0.4, 0.5) is 8.78 Å². The lowest BCUT2D eigenvalue weighted by Gasteiger charge is -2.34. The summed E-state index contributed by atoms with van der Waals surface area (Å²) in [5.41, 5.74) is 1.71. The van der Waals surface area contributed by atoms with Gasteiger partial charge in [-0.3, -0.25) is 9.59 Å². The molecule has 1 aliphatic rings. The number of halogens is 2. The molecule has 1 saturated heterocycles. The number of benzene rings is 2. The fourth-order valence-electron chi connectivity index (χ4n) is 3.58. The molecular formula is C25H23F2N3O3S. The van der Waals surface area contributed by atoms with Crippen LogP contribution in [0.15, 0.2) is 53.9 Å². The summed E-state index contributed by atoms with van der Waals surface area (Å²) in [7, 11) is 0. The van der Waals surface area contributed by atoms with Crippen molar-refractivity contribution < 1.29 is 23.1 Å². The molecule has 34 heavy (non-hydrogen) atoms. The molecule has 0 atom stereocenters. The second-order valence-corrected chi connectivity index (χ2v) is 8.83. The molecule has 0 N–H and O–H groups in total. The van der Waals surface area contributed by atoms with Crippen LogP contribution < -0.4 is 4.74 Å². The number of hydrogen-bond acceptors (Lipinski definition) is 5. The van der Waals surface area contributed by atoms with Crippen molar-refractivity contribution in [1.82, 2.24) is 14.8 Å². The Kier molecular flexibility index (Phi) is 7.32. The van der Waals surface area contributed by atoms with Crippen LogP contribution >= 0.6 is 11.3 Å². The van der Waals surface area contributed by atoms with Crippen LogP contribution in [0.5, 0.6) is 5.75 Å². The van der Waals surface area contributed by atoms with Gasteiger partial charge in [-0.05, 0) is 37.3 Å². The largest absolute Gasteiger partial charge is 0.487 e. The Morgan fingerprint density at radius 3 is 2.50 bits per heavy atom. The zero-order valence-corrected chi connectivity index (χ0v) is 19.4. The molecule has 0 radical (unpaired) electrons. The zero-order valence-electron chi connectivity index (χ0n) is 18.5. The first-order chi connectivity index (χ1) is 16.4. The minimum Gasteiger partial charge on any atom is -0.487 e. The first-order valence-electron chi connectivity index (χ1n) is 10.7. The second-order valence-electron chi connectivity index (χ2n) is 7.76. The molecule has 3 aromatic rings. The van der Waals surface area contributed by atoms with E-state index in [0.717, 1.165) is 28.4 Å². The molecule has 0 bridgehead atoms. The average Bonchev–Trinajstić information content (AvgIpc) is 3.28. The van der Waals surface area contributed by atoms with Crippen molar-refractivity contribution >= 4 is 29.2 Å². The minimum absolute atomic E-state index is 0.0861. The Labute approximate surface area is 200 Å². The fourth-order valence-corrected chi connectivity index (χ4v) is 4.18. The number of rotatable bonds is 6. The Balaban J connectivity index is 1.33. The van der Waals surface area contributed by atoms with E-state index in [-0.39, 0.29) is 17.4 Å². The van der Waals surface area contributed by atoms with Crippen LogP contribution in [-0.2, 0) is 11.4 Å². The number of amides is 2. The molecular weight excluding hydrogens is 460 g/mol. The van der Waals surface area contributed by atoms with Gasteiger partial charge >= 0.3 is 0 Å². The van der Waals surface area contributed by atoms with E-state index in [1.165, 1.54) is 17.0 Å². The maximum atomic E-state index is 13.4. The van der Waals surface area contributed by atoms with Crippen LogP contribution in [-0.4, -0.2) is 52.8 Å². The maximum Gasteiger partial charge on any atom is 0.254 e. The summed E-state index contributed by atoms with van der Waals surface area (Å²) in [5.74, 6) is -1.97. The normalized spacial score (nSPS) is 14.0. The molecule has 1 fully saturated rings. The standard InChI is InChI=1S/C25H23F2N3O3S/c1-17-28-20(16-34-17)15-33-23-5-3-2-4-18(23)7-9-24(31)29-10-12-30(13-11-29)25(32)19-6-8-21(26)22(27)14-19/h2-9,14,16H,10-13,15H2,1H3/b9-7+. The summed E-state index contributed by atoms with van der Waals surface area (Å²) in [6.07, 6.45) is 3.20. The van der Waals surface area contributed by atoms with E-state index in [1.54, 1.807) is 22.3 Å². The lowest BCUT2D eigenvalue weighted by molar-refractivity contribution is -0.127. The number of carbonyl (C=O) groups excluding carboxylic acids is 2. The quantitative estimate of drug-likeness (QED) is 0.491. The third kappa shape index (κ3) is 5.66. The first-order valence-corrected chi connectivity index (χ1v) is 11.6. The van der Waals surface area contributed by atoms with Crippen molar-refractivity contribution in [1.29, 1.82) is 0 Å². The van der Waals surface area contributed by atoms with Crippen molar-refractivity contribution in [2.75, 3.05) is 26.2 Å². The highest BCUT2D eigenvalue weighted by Gasteiger charge is 2.24. The summed E-state index contributed by atoms with van der Waals surface area (Å²) >= 11 is 1.56. The van der Waals surface area contributed by atoms with Gasteiger partial charge in [-0.25, -0.2) is 13.8 Å². The molecule has 1 aromatic heterocycles. The van der Waals surface area contributed by atoms with Gasteiger partial charge in [0.15, 0.2) is 11.6 Å². The number of aryl methyl sites for hydroxylation is 1. The SMILES string of the molecule is Cc1nc(COc2ccccc2/C=C/C(=O)N2CCN(C(=O)c3ccc(F)c(F)c3)CC2)cs1. The van der Waals surface area contributed by atoms with Gasteiger partial charge in [0.2, 0.25) is 5.91 Å². The predicted octanol–water partition coefficient (Wildman–Crippen LogP) is 4.31. The van der Waals surface area contributed by atoms with Gasteiger partial charge in [0.1, 0.15) is 12.4 Å². The molecule has 9 heteroatoms.